The second-order valence-electron chi connectivity index (χ2n) is 5.04. The SMILES string of the molecule is Cc1oc(C(=O)N(CCC(=O)O)C(C)C)cc1S(C)(=O)=O. The van der Waals surface area contributed by atoms with E-state index in [4.69, 9.17) is 9.52 Å². The zero-order valence-electron chi connectivity index (χ0n) is 12.4. The number of hydrogen-bond donors (Lipinski definition) is 1. The molecule has 0 radical (unpaired) electrons. The number of aliphatic carboxylic acids is 1. The standard InChI is InChI=1S/C13H19NO6S/c1-8(2)14(6-5-12(15)16)13(17)10-7-11(9(3)20-10)21(4,18)19/h7-8H,5-6H2,1-4H3,(H,15,16). The maximum absolute atomic E-state index is 12.3. The van der Waals surface area contributed by atoms with Crippen LogP contribution in [0.25, 0.3) is 0 Å². The van der Waals surface area contributed by atoms with Crippen molar-refractivity contribution in [3.8, 4) is 0 Å². The minimum Gasteiger partial charge on any atom is -0.481 e. The van der Waals surface area contributed by atoms with Crippen LogP contribution in [0.3, 0.4) is 0 Å². The van der Waals surface area contributed by atoms with E-state index in [-0.39, 0.29) is 35.4 Å². The minimum atomic E-state index is -3.48. The molecule has 0 fully saturated rings. The highest BCUT2D eigenvalue weighted by molar-refractivity contribution is 7.90. The Morgan fingerprint density at radius 2 is 1.95 bits per heavy atom. The summed E-state index contributed by atoms with van der Waals surface area (Å²) in [6.45, 7) is 4.98. The fourth-order valence-electron chi connectivity index (χ4n) is 1.89. The summed E-state index contributed by atoms with van der Waals surface area (Å²) in [5.74, 6) is -1.50. The number of carbonyl (C=O) groups is 2. The summed E-state index contributed by atoms with van der Waals surface area (Å²) in [7, 11) is -3.48. The first-order chi connectivity index (χ1) is 9.54. The quantitative estimate of drug-likeness (QED) is 0.848. The molecule has 8 heteroatoms. The van der Waals surface area contributed by atoms with Crippen molar-refractivity contribution >= 4 is 21.7 Å². The van der Waals surface area contributed by atoms with Gasteiger partial charge in [-0.1, -0.05) is 0 Å². The summed E-state index contributed by atoms with van der Waals surface area (Å²) in [6, 6.07) is 0.951. The van der Waals surface area contributed by atoms with Crippen LogP contribution in [0.1, 0.15) is 36.6 Å². The Labute approximate surface area is 123 Å². The van der Waals surface area contributed by atoms with Crippen molar-refractivity contribution in [2.45, 2.75) is 38.1 Å². The molecule has 1 rings (SSSR count). The van der Waals surface area contributed by atoms with Gasteiger partial charge < -0.3 is 14.4 Å². The fraction of sp³-hybridized carbons (Fsp3) is 0.538. The first-order valence-electron chi connectivity index (χ1n) is 6.37. The van der Waals surface area contributed by atoms with Gasteiger partial charge in [-0.15, -0.1) is 0 Å². The lowest BCUT2D eigenvalue weighted by atomic mass is 10.2. The molecule has 0 spiro atoms. The van der Waals surface area contributed by atoms with Gasteiger partial charge in [-0.3, -0.25) is 9.59 Å². The summed E-state index contributed by atoms with van der Waals surface area (Å²) < 4.78 is 28.3. The molecule has 0 aliphatic carbocycles. The highest BCUT2D eigenvalue weighted by Crippen LogP contribution is 2.21. The van der Waals surface area contributed by atoms with Crippen LogP contribution in [0, 0.1) is 6.92 Å². The molecular formula is C13H19NO6S. The van der Waals surface area contributed by atoms with Crippen LogP contribution < -0.4 is 0 Å². The maximum Gasteiger partial charge on any atom is 0.305 e. The molecule has 21 heavy (non-hydrogen) atoms. The van der Waals surface area contributed by atoms with Crippen molar-refractivity contribution in [1.82, 2.24) is 4.90 Å². The Bertz CT molecular complexity index is 644. The minimum absolute atomic E-state index is 0.0276. The molecule has 1 heterocycles. The monoisotopic (exact) mass is 317 g/mol. The molecule has 118 valence electrons. The predicted molar refractivity (Wildman–Crippen MR) is 75.0 cm³/mol. The molecule has 1 amide bonds. The number of amides is 1. The van der Waals surface area contributed by atoms with Gasteiger partial charge in [0.1, 0.15) is 10.7 Å². The van der Waals surface area contributed by atoms with Crippen molar-refractivity contribution in [1.29, 1.82) is 0 Å². The Hall–Kier alpha value is -1.83. The average Bonchev–Trinajstić information content (AvgIpc) is 2.70. The van der Waals surface area contributed by atoms with Gasteiger partial charge in [-0.05, 0) is 20.8 Å². The van der Waals surface area contributed by atoms with Gasteiger partial charge >= 0.3 is 5.97 Å². The van der Waals surface area contributed by atoms with Gasteiger partial charge in [0.25, 0.3) is 5.91 Å². The lowest BCUT2D eigenvalue weighted by Crippen LogP contribution is -2.38. The van der Waals surface area contributed by atoms with Crippen LogP contribution in [-0.2, 0) is 14.6 Å². The first-order valence-corrected chi connectivity index (χ1v) is 8.26. The smallest absolute Gasteiger partial charge is 0.305 e. The summed E-state index contributed by atoms with van der Waals surface area (Å²) >= 11 is 0. The summed E-state index contributed by atoms with van der Waals surface area (Å²) in [5, 5.41) is 8.71. The molecule has 1 N–H and O–H groups in total. The van der Waals surface area contributed by atoms with Crippen LogP contribution in [0.15, 0.2) is 15.4 Å². The molecule has 0 saturated carbocycles. The second kappa shape index (κ2) is 6.30. The fourth-order valence-corrected chi connectivity index (χ4v) is 2.78. The topological polar surface area (TPSA) is 105 Å². The first kappa shape index (κ1) is 17.2. The Kier molecular flexibility index (Phi) is 5.16. The van der Waals surface area contributed by atoms with Gasteiger partial charge in [-0.2, -0.15) is 0 Å². The number of rotatable bonds is 6. The maximum atomic E-state index is 12.3. The van der Waals surface area contributed by atoms with Crippen molar-refractivity contribution in [2.24, 2.45) is 0 Å². The van der Waals surface area contributed by atoms with Gasteiger partial charge in [0.15, 0.2) is 15.6 Å². The number of hydrogen-bond acceptors (Lipinski definition) is 5. The molecule has 0 saturated heterocycles. The molecule has 1 aromatic rings. The van der Waals surface area contributed by atoms with E-state index < -0.39 is 21.7 Å². The van der Waals surface area contributed by atoms with Crippen molar-refractivity contribution in [2.75, 3.05) is 12.8 Å². The third-order valence-electron chi connectivity index (χ3n) is 2.93. The predicted octanol–water partition coefficient (Wildman–Crippen LogP) is 1.32. The number of aryl methyl sites for hydroxylation is 1. The summed E-state index contributed by atoms with van der Waals surface area (Å²) in [4.78, 5) is 24.3. The van der Waals surface area contributed by atoms with E-state index in [1.54, 1.807) is 13.8 Å². The highest BCUT2D eigenvalue weighted by atomic mass is 32.2. The van der Waals surface area contributed by atoms with E-state index in [1.165, 1.54) is 17.9 Å². The van der Waals surface area contributed by atoms with Gasteiger partial charge in [0.05, 0.1) is 6.42 Å². The molecule has 1 aromatic heterocycles. The molecule has 0 bridgehead atoms. The number of carbonyl (C=O) groups excluding carboxylic acids is 1. The van der Waals surface area contributed by atoms with Crippen LogP contribution in [-0.4, -0.2) is 49.1 Å². The Balaban J connectivity index is 3.08. The van der Waals surface area contributed by atoms with Crippen molar-refractivity contribution in [3.05, 3.63) is 17.6 Å². The van der Waals surface area contributed by atoms with Crippen LogP contribution in [0.5, 0.6) is 0 Å². The lowest BCUT2D eigenvalue weighted by Gasteiger charge is -2.25. The molecular weight excluding hydrogens is 298 g/mol. The van der Waals surface area contributed by atoms with Gasteiger partial charge in [-0.25, -0.2) is 8.42 Å². The average molecular weight is 317 g/mol. The summed E-state index contributed by atoms with van der Waals surface area (Å²) in [5.41, 5.74) is 0. The van der Waals surface area contributed by atoms with Crippen LogP contribution >= 0.6 is 0 Å². The normalized spacial score (nSPS) is 11.7. The van der Waals surface area contributed by atoms with Gasteiger partial charge in [0.2, 0.25) is 0 Å². The molecule has 7 nitrogen and oxygen atoms in total. The lowest BCUT2D eigenvalue weighted by molar-refractivity contribution is -0.137. The zero-order chi connectivity index (χ0) is 16.4. The number of nitrogens with zero attached hydrogens (tertiary/aromatic N) is 1. The Morgan fingerprint density at radius 3 is 2.33 bits per heavy atom. The largest absolute Gasteiger partial charge is 0.481 e. The van der Waals surface area contributed by atoms with E-state index in [0.29, 0.717) is 0 Å². The molecule has 0 aliphatic heterocycles. The molecule has 0 aliphatic rings. The number of carboxylic acid groups (broad SMARTS) is 1. The summed E-state index contributed by atoms with van der Waals surface area (Å²) in [6.07, 6.45) is 0.840. The third kappa shape index (κ3) is 4.32. The van der Waals surface area contributed by atoms with Crippen molar-refractivity contribution < 1.29 is 27.5 Å². The zero-order valence-corrected chi connectivity index (χ0v) is 13.2. The number of carboxylic acids is 1. The number of sulfone groups is 1. The van der Waals surface area contributed by atoms with Crippen LogP contribution in [0.2, 0.25) is 0 Å². The van der Waals surface area contributed by atoms with E-state index in [2.05, 4.69) is 0 Å². The van der Waals surface area contributed by atoms with E-state index >= 15 is 0 Å². The van der Waals surface area contributed by atoms with E-state index in [9.17, 15) is 18.0 Å². The molecule has 0 atom stereocenters. The Morgan fingerprint density at radius 1 is 1.38 bits per heavy atom. The van der Waals surface area contributed by atoms with E-state index in [0.717, 1.165) is 6.26 Å². The van der Waals surface area contributed by atoms with Gasteiger partial charge in [0, 0.05) is 24.9 Å². The van der Waals surface area contributed by atoms with E-state index in [1.807, 2.05) is 0 Å². The molecule has 0 unspecified atom stereocenters. The third-order valence-corrected chi connectivity index (χ3v) is 4.14. The number of furan rings is 1. The molecule has 0 aromatic carbocycles. The second-order valence-corrected chi connectivity index (χ2v) is 7.02. The van der Waals surface area contributed by atoms with Crippen LogP contribution in [0.4, 0.5) is 0 Å². The van der Waals surface area contributed by atoms with Crippen molar-refractivity contribution in [3.63, 3.8) is 0 Å². The highest BCUT2D eigenvalue weighted by Gasteiger charge is 2.26.